The summed E-state index contributed by atoms with van der Waals surface area (Å²) in [6.45, 7) is 4.40. The lowest BCUT2D eigenvalue weighted by Crippen LogP contribution is -2.23. The number of furan rings is 1. The first kappa shape index (κ1) is 23.9. The van der Waals surface area contributed by atoms with Crippen molar-refractivity contribution in [2.24, 2.45) is 0 Å². The van der Waals surface area contributed by atoms with Crippen molar-refractivity contribution < 1.29 is 13.9 Å². The van der Waals surface area contributed by atoms with Crippen LogP contribution in [0.15, 0.2) is 71.4 Å². The van der Waals surface area contributed by atoms with Crippen LogP contribution in [-0.2, 0) is 11.2 Å². The summed E-state index contributed by atoms with van der Waals surface area (Å²) in [7, 11) is 1.62. The molecule has 0 bridgehead atoms. The van der Waals surface area contributed by atoms with Gasteiger partial charge in [-0.2, -0.15) is 0 Å². The number of hydrogen-bond donors (Lipinski definition) is 1. The van der Waals surface area contributed by atoms with Crippen LogP contribution in [0.4, 0.5) is 0 Å². The molecule has 0 unspecified atom stereocenters. The van der Waals surface area contributed by atoms with E-state index in [1.165, 1.54) is 5.56 Å². The lowest BCUT2D eigenvalue weighted by Gasteiger charge is -2.13. The SMILES string of the molecule is COc1c(/C(C)=C/C(=O)NCCc2ccccc2)cc2c(-c3ccc(Cl)cc3Cl)coc2c1C. The van der Waals surface area contributed by atoms with Gasteiger partial charge >= 0.3 is 0 Å². The summed E-state index contributed by atoms with van der Waals surface area (Å²) in [5, 5.41) is 4.95. The number of nitrogens with one attached hydrogen (secondary N) is 1. The first-order valence-corrected chi connectivity index (χ1v) is 11.7. The monoisotopic (exact) mass is 493 g/mol. The molecule has 6 heteroatoms. The molecular weight excluding hydrogens is 469 g/mol. The van der Waals surface area contributed by atoms with E-state index in [4.69, 9.17) is 32.4 Å². The fraction of sp³-hybridized carbons (Fsp3) is 0.179. The van der Waals surface area contributed by atoms with Crippen molar-refractivity contribution >= 4 is 45.7 Å². The average molecular weight is 494 g/mol. The third-order valence-electron chi connectivity index (χ3n) is 5.80. The summed E-state index contributed by atoms with van der Waals surface area (Å²) in [5.74, 6) is 0.517. The largest absolute Gasteiger partial charge is 0.496 e. The molecule has 4 aromatic rings. The van der Waals surface area contributed by atoms with Gasteiger partial charge in [0, 0.05) is 45.3 Å². The normalized spacial score (nSPS) is 11.6. The van der Waals surface area contributed by atoms with E-state index in [9.17, 15) is 4.79 Å². The van der Waals surface area contributed by atoms with Crippen molar-refractivity contribution in [1.29, 1.82) is 0 Å². The quantitative estimate of drug-likeness (QED) is 0.271. The van der Waals surface area contributed by atoms with Crippen LogP contribution >= 0.6 is 23.2 Å². The van der Waals surface area contributed by atoms with E-state index in [0.717, 1.165) is 39.6 Å². The number of hydrogen-bond acceptors (Lipinski definition) is 3. The Balaban J connectivity index is 1.66. The van der Waals surface area contributed by atoms with E-state index < -0.39 is 0 Å². The van der Waals surface area contributed by atoms with Gasteiger partial charge in [0.25, 0.3) is 0 Å². The van der Waals surface area contributed by atoms with Crippen molar-refractivity contribution in [2.75, 3.05) is 13.7 Å². The first-order chi connectivity index (χ1) is 16.4. The molecular formula is C28H25Cl2NO3. The molecule has 3 aromatic carbocycles. The standard InChI is InChI=1S/C28H25Cl2NO3/c1-17(13-26(32)31-12-11-19-7-5-4-6-8-19)22-15-23-24(21-10-9-20(29)14-25(21)30)16-34-28(23)18(2)27(22)33-3/h4-10,13-16H,11-12H2,1-3H3,(H,31,32)/b17-13+. The topological polar surface area (TPSA) is 51.5 Å². The van der Waals surface area contributed by atoms with Gasteiger partial charge < -0.3 is 14.5 Å². The highest BCUT2D eigenvalue weighted by Crippen LogP contribution is 2.42. The minimum atomic E-state index is -0.151. The van der Waals surface area contributed by atoms with Crippen LogP contribution in [-0.4, -0.2) is 19.6 Å². The molecule has 0 atom stereocenters. The highest BCUT2D eigenvalue weighted by Gasteiger charge is 2.20. The fourth-order valence-electron chi connectivity index (χ4n) is 4.09. The van der Waals surface area contributed by atoms with Crippen LogP contribution in [0.3, 0.4) is 0 Å². The van der Waals surface area contributed by atoms with Crippen LogP contribution in [0.1, 0.15) is 23.6 Å². The number of amides is 1. The van der Waals surface area contributed by atoms with Crippen molar-refractivity contribution in [3.05, 3.63) is 93.7 Å². The van der Waals surface area contributed by atoms with Crippen LogP contribution < -0.4 is 10.1 Å². The Labute approximate surface area is 209 Å². The number of rotatable bonds is 7. The molecule has 34 heavy (non-hydrogen) atoms. The minimum absolute atomic E-state index is 0.151. The molecule has 0 spiro atoms. The number of carbonyl (C=O) groups is 1. The first-order valence-electron chi connectivity index (χ1n) is 10.9. The van der Waals surface area contributed by atoms with Gasteiger partial charge in [-0.3, -0.25) is 4.79 Å². The van der Waals surface area contributed by atoms with Gasteiger partial charge in [-0.1, -0.05) is 59.6 Å². The summed E-state index contributed by atoms with van der Waals surface area (Å²) in [6.07, 6.45) is 4.06. The Bertz CT molecular complexity index is 1370. The Hall–Kier alpha value is -3.21. The Morgan fingerprint density at radius 3 is 2.56 bits per heavy atom. The molecule has 1 amide bonds. The van der Waals surface area contributed by atoms with Gasteiger partial charge in [-0.15, -0.1) is 0 Å². The molecule has 1 N–H and O–H groups in total. The summed E-state index contributed by atoms with van der Waals surface area (Å²) >= 11 is 12.5. The third-order valence-corrected chi connectivity index (χ3v) is 6.35. The van der Waals surface area contributed by atoms with E-state index in [-0.39, 0.29) is 5.91 Å². The zero-order valence-corrected chi connectivity index (χ0v) is 20.8. The van der Waals surface area contributed by atoms with Crippen LogP contribution in [0, 0.1) is 6.92 Å². The molecule has 0 aliphatic carbocycles. The molecule has 0 saturated carbocycles. The molecule has 4 nitrogen and oxygen atoms in total. The molecule has 1 aromatic heterocycles. The van der Waals surface area contributed by atoms with Crippen LogP contribution in [0.5, 0.6) is 5.75 Å². The lowest BCUT2D eigenvalue weighted by atomic mass is 9.96. The molecule has 174 valence electrons. The van der Waals surface area contributed by atoms with E-state index in [2.05, 4.69) is 5.32 Å². The molecule has 0 aliphatic rings. The Morgan fingerprint density at radius 2 is 1.85 bits per heavy atom. The van der Waals surface area contributed by atoms with E-state index in [0.29, 0.717) is 27.9 Å². The van der Waals surface area contributed by atoms with E-state index in [1.807, 2.05) is 56.3 Å². The number of carbonyl (C=O) groups excluding carboxylic acids is 1. The summed E-state index contributed by atoms with van der Waals surface area (Å²) < 4.78 is 11.6. The zero-order chi connectivity index (χ0) is 24.2. The lowest BCUT2D eigenvalue weighted by molar-refractivity contribution is -0.116. The predicted molar refractivity (Wildman–Crippen MR) is 140 cm³/mol. The second-order valence-electron chi connectivity index (χ2n) is 8.09. The molecule has 4 rings (SSSR count). The van der Waals surface area contributed by atoms with Crippen molar-refractivity contribution in [3.63, 3.8) is 0 Å². The highest BCUT2D eigenvalue weighted by atomic mass is 35.5. The maximum atomic E-state index is 12.6. The van der Waals surface area contributed by atoms with E-state index >= 15 is 0 Å². The average Bonchev–Trinajstić information content (AvgIpc) is 3.23. The number of aryl methyl sites for hydroxylation is 1. The fourth-order valence-corrected chi connectivity index (χ4v) is 4.60. The number of fused-ring (bicyclic) bond motifs is 1. The van der Waals surface area contributed by atoms with Crippen molar-refractivity contribution in [2.45, 2.75) is 20.3 Å². The molecule has 0 aliphatic heterocycles. The zero-order valence-electron chi connectivity index (χ0n) is 19.2. The second-order valence-corrected chi connectivity index (χ2v) is 8.93. The van der Waals surface area contributed by atoms with E-state index in [1.54, 1.807) is 31.6 Å². The Morgan fingerprint density at radius 1 is 1.09 bits per heavy atom. The molecule has 0 fully saturated rings. The molecule has 0 saturated heterocycles. The van der Waals surface area contributed by atoms with Crippen molar-refractivity contribution in [1.82, 2.24) is 5.32 Å². The smallest absolute Gasteiger partial charge is 0.244 e. The van der Waals surface area contributed by atoms with Gasteiger partial charge in [0.05, 0.1) is 18.4 Å². The summed E-state index contributed by atoms with van der Waals surface area (Å²) in [6, 6.07) is 17.4. The van der Waals surface area contributed by atoms with Gasteiger partial charge in [-0.05, 0) is 49.6 Å². The number of halogens is 2. The number of benzene rings is 3. The summed E-state index contributed by atoms with van der Waals surface area (Å²) in [4.78, 5) is 12.6. The third kappa shape index (κ3) is 4.98. The van der Waals surface area contributed by atoms with Gasteiger partial charge in [0.2, 0.25) is 5.91 Å². The number of methoxy groups -OCH3 is 1. The van der Waals surface area contributed by atoms with Gasteiger partial charge in [0.1, 0.15) is 11.3 Å². The van der Waals surface area contributed by atoms with Crippen LogP contribution in [0.25, 0.3) is 27.7 Å². The Kier molecular flexibility index (Phi) is 7.30. The maximum Gasteiger partial charge on any atom is 0.244 e. The predicted octanol–water partition coefficient (Wildman–Crippen LogP) is 7.49. The minimum Gasteiger partial charge on any atom is -0.496 e. The molecule has 0 radical (unpaired) electrons. The molecule has 1 heterocycles. The number of ether oxygens (including phenoxy) is 1. The van der Waals surface area contributed by atoms with Gasteiger partial charge in [0.15, 0.2) is 0 Å². The van der Waals surface area contributed by atoms with Crippen molar-refractivity contribution in [3.8, 4) is 16.9 Å². The highest BCUT2D eigenvalue weighted by molar-refractivity contribution is 6.36. The second kappa shape index (κ2) is 10.4. The maximum absolute atomic E-state index is 12.6. The number of allylic oxidation sites excluding steroid dienone is 1. The van der Waals surface area contributed by atoms with Gasteiger partial charge in [-0.25, -0.2) is 0 Å². The van der Waals surface area contributed by atoms with Crippen LogP contribution in [0.2, 0.25) is 10.0 Å². The summed E-state index contributed by atoms with van der Waals surface area (Å²) in [5.41, 5.74) is 6.01.